The summed E-state index contributed by atoms with van der Waals surface area (Å²) >= 11 is 0.815. The quantitative estimate of drug-likeness (QED) is 0.590. The van der Waals surface area contributed by atoms with Crippen molar-refractivity contribution in [3.63, 3.8) is 0 Å². The smallest absolute Gasteiger partial charge is 0.338 e. The number of carbonyl (C=O) groups excluding carboxylic acids is 1. The van der Waals surface area contributed by atoms with Crippen molar-refractivity contribution >= 4 is 21.2 Å². The van der Waals surface area contributed by atoms with Crippen LogP contribution in [0.25, 0.3) is 0 Å². The topological polar surface area (TPSA) is 26.3 Å². The molecule has 0 saturated heterocycles. The van der Waals surface area contributed by atoms with E-state index in [1.807, 2.05) is 18.2 Å². The summed E-state index contributed by atoms with van der Waals surface area (Å²) in [7, 11) is 0. The molecule has 0 bridgehead atoms. The molecule has 0 unspecified atom stereocenters. The van der Waals surface area contributed by atoms with Crippen molar-refractivity contribution < 1.29 is 9.53 Å². The van der Waals surface area contributed by atoms with Crippen LogP contribution in [0.4, 0.5) is 0 Å². The molecule has 1 radical (unpaired) electrons. The Bertz CT molecular complexity index is 271. The minimum Gasteiger partial charge on any atom is -0.462 e. The molecule has 16 heavy (non-hydrogen) atoms. The molecule has 0 aliphatic rings. The maximum absolute atomic E-state index is 11.0. The van der Waals surface area contributed by atoms with Crippen LogP contribution in [-0.4, -0.2) is 27.8 Å². The number of benzene rings is 1. The van der Waals surface area contributed by atoms with E-state index < -0.39 is 0 Å². The summed E-state index contributed by atoms with van der Waals surface area (Å²) < 4.78 is 4.79. The monoisotopic (exact) mass is 235 g/mol. The van der Waals surface area contributed by atoms with Gasteiger partial charge in [0.15, 0.2) is 15.2 Å². The van der Waals surface area contributed by atoms with Crippen LogP contribution in [0.1, 0.15) is 31.1 Å². The first-order valence-corrected chi connectivity index (χ1v) is 7.43. The molecule has 0 atom stereocenters. The average Bonchev–Trinajstić information content (AvgIpc) is 2.32. The Hall–Kier alpha value is -0.778. The van der Waals surface area contributed by atoms with Crippen LogP contribution in [0.3, 0.4) is 0 Å². The van der Waals surface area contributed by atoms with Crippen LogP contribution in [-0.2, 0) is 4.74 Å². The van der Waals surface area contributed by atoms with Gasteiger partial charge in [-0.15, -0.1) is 10.6 Å². The fourth-order valence-corrected chi connectivity index (χ4v) is 1.65. The zero-order chi connectivity index (χ0) is 12.2. The maximum Gasteiger partial charge on any atom is 0.338 e. The van der Waals surface area contributed by atoms with Crippen molar-refractivity contribution in [3.05, 3.63) is 35.9 Å². The predicted octanol–water partition coefficient (Wildman–Crippen LogP) is 3.43. The summed E-state index contributed by atoms with van der Waals surface area (Å²) in [6.45, 7) is 6.71. The first kappa shape index (κ1) is 15.2. The van der Waals surface area contributed by atoms with Gasteiger partial charge in [0, 0.05) is 0 Å². The molecule has 87 valence electrons. The molecule has 0 heterocycles. The number of hydrogen-bond acceptors (Lipinski definition) is 2. The Balaban J connectivity index is 0.000000385. The van der Waals surface area contributed by atoms with Crippen LogP contribution in [0.2, 0.25) is 10.6 Å². The molecule has 0 aliphatic heterocycles. The van der Waals surface area contributed by atoms with E-state index >= 15 is 0 Å². The van der Waals surface area contributed by atoms with Crippen molar-refractivity contribution in [1.82, 2.24) is 0 Å². The van der Waals surface area contributed by atoms with E-state index in [9.17, 15) is 4.79 Å². The van der Waals surface area contributed by atoms with Crippen molar-refractivity contribution in [2.24, 2.45) is 0 Å². The highest BCUT2D eigenvalue weighted by Crippen LogP contribution is 1.99. The van der Waals surface area contributed by atoms with Gasteiger partial charge in [-0.1, -0.05) is 32.0 Å². The Morgan fingerprint density at radius 1 is 1.12 bits per heavy atom. The van der Waals surface area contributed by atoms with Crippen molar-refractivity contribution in [2.45, 2.75) is 31.3 Å². The van der Waals surface area contributed by atoms with E-state index in [1.165, 1.54) is 10.6 Å². The van der Waals surface area contributed by atoms with Gasteiger partial charge >= 0.3 is 5.97 Å². The molecule has 3 heteroatoms. The maximum atomic E-state index is 11.0. The van der Waals surface area contributed by atoms with Crippen LogP contribution in [0, 0.1) is 0 Å². The van der Waals surface area contributed by atoms with Gasteiger partial charge < -0.3 is 4.74 Å². The number of carbonyl (C=O) groups is 1. The summed E-state index contributed by atoms with van der Waals surface area (Å²) in [5.41, 5.74) is 0.606. The molecule has 0 amide bonds. The summed E-state index contributed by atoms with van der Waals surface area (Å²) in [6, 6.07) is 8.96. The van der Waals surface area contributed by atoms with Gasteiger partial charge in [-0.25, -0.2) is 4.79 Å². The first-order chi connectivity index (χ1) is 7.76. The SMILES string of the molecule is CCOC(=O)c1ccccc1.C[CH2][Al][CH2]C. The molecular formula is C13H20AlO2. The molecule has 0 aromatic heterocycles. The van der Waals surface area contributed by atoms with Crippen LogP contribution >= 0.6 is 0 Å². The molecule has 0 aliphatic carbocycles. The first-order valence-electron chi connectivity index (χ1n) is 5.80. The summed E-state index contributed by atoms with van der Waals surface area (Å²) in [4.78, 5) is 11.0. The predicted molar refractivity (Wildman–Crippen MR) is 69.1 cm³/mol. The fraction of sp³-hybridized carbons (Fsp3) is 0.462. The third kappa shape index (κ3) is 7.51. The molecule has 0 spiro atoms. The third-order valence-electron chi connectivity index (χ3n) is 1.86. The molecule has 0 fully saturated rings. The lowest BCUT2D eigenvalue weighted by molar-refractivity contribution is 0.0526. The van der Waals surface area contributed by atoms with E-state index in [2.05, 4.69) is 13.8 Å². The minimum absolute atomic E-state index is 0.256. The second-order valence-electron chi connectivity index (χ2n) is 3.19. The van der Waals surface area contributed by atoms with Crippen molar-refractivity contribution in [1.29, 1.82) is 0 Å². The molecule has 1 aromatic rings. The van der Waals surface area contributed by atoms with Crippen LogP contribution in [0.15, 0.2) is 30.3 Å². The molecule has 1 aromatic carbocycles. The second kappa shape index (κ2) is 10.7. The largest absolute Gasteiger partial charge is 0.462 e. The van der Waals surface area contributed by atoms with E-state index in [4.69, 9.17) is 4.74 Å². The van der Waals surface area contributed by atoms with E-state index in [-0.39, 0.29) is 5.97 Å². The minimum atomic E-state index is -0.256. The highest BCUT2D eigenvalue weighted by molar-refractivity contribution is 6.34. The van der Waals surface area contributed by atoms with Gasteiger partial charge in [0.2, 0.25) is 0 Å². The van der Waals surface area contributed by atoms with E-state index in [1.54, 1.807) is 19.1 Å². The molecule has 1 rings (SSSR count). The zero-order valence-corrected chi connectivity index (χ0v) is 11.6. The highest BCUT2D eigenvalue weighted by atomic mass is 27.1. The van der Waals surface area contributed by atoms with E-state index in [0.717, 1.165) is 15.2 Å². The molecule has 0 saturated carbocycles. The van der Waals surface area contributed by atoms with Gasteiger partial charge in [0.25, 0.3) is 0 Å². The summed E-state index contributed by atoms with van der Waals surface area (Å²) in [5.74, 6) is -0.256. The lowest BCUT2D eigenvalue weighted by Crippen LogP contribution is -2.03. The van der Waals surface area contributed by atoms with Gasteiger partial charge in [0.1, 0.15) is 0 Å². The summed E-state index contributed by atoms with van der Waals surface area (Å²) in [5, 5.41) is 2.85. The number of hydrogen-bond donors (Lipinski definition) is 0. The second-order valence-corrected chi connectivity index (χ2v) is 5.40. The van der Waals surface area contributed by atoms with Crippen molar-refractivity contribution in [2.75, 3.05) is 6.61 Å². The zero-order valence-electron chi connectivity index (χ0n) is 10.4. The summed E-state index contributed by atoms with van der Waals surface area (Å²) in [6.07, 6.45) is 0. The van der Waals surface area contributed by atoms with Gasteiger partial charge in [-0.2, -0.15) is 0 Å². The Kier molecular flexibility index (Phi) is 10.2. The molecule has 2 nitrogen and oxygen atoms in total. The number of rotatable bonds is 4. The molecule has 0 N–H and O–H groups in total. The lowest BCUT2D eigenvalue weighted by atomic mass is 10.2. The number of ether oxygens (including phenoxy) is 1. The Morgan fingerprint density at radius 3 is 2.06 bits per heavy atom. The standard InChI is InChI=1S/C9H10O2.2C2H5.Al/c1-2-11-9(10)8-6-4-3-5-7-8;2*1-2;/h3-7H,2H2,1H3;2*1H2,2H3;. The Morgan fingerprint density at radius 2 is 1.69 bits per heavy atom. The van der Waals surface area contributed by atoms with Crippen LogP contribution < -0.4 is 0 Å². The van der Waals surface area contributed by atoms with E-state index in [0.29, 0.717) is 12.2 Å². The average molecular weight is 235 g/mol. The lowest BCUT2D eigenvalue weighted by Gasteiger charge is -1.99. The van der Waals surface area contributed by atoms with Crippen molar-refractivity contribution in [3.8, 4) is 0 Å². The van der Waals surface area contributed by atoms with Crippen LogP contribution in [0.5, 0.6) is 0 Å². The third-order valence-corrected chi connectivity index (χ3v) is 3.02. The fourth-order valence-electron chi connectivity index (χ4n) is 1.08. The highest BCUT2D eigenvalue weighted by Gasteiger charge is 2.02. The number of esters is 1. The normalized spacial score (nSPS) is 8.69. The van der Waals surface area contributed by atoms with Gasteiger partial charge in [-0.05, 0) is 19.1 Å². The van der Waals surface area contributed by atoms with Gasteiger partial charge in [0.05, 0.1) is 12.2 Å². The Labute approximate surface area is 105 Å². The molecular weight excluding hydrogens is 215 g/mol. The van der Waals surface area contributed by atoms with Gasteiger partial charge in [-0.3, -0.25) is 0 Å².